The standard InChI is InChI=1S/C11H17N6O12P3/c1-13-11-15-9(12)8-10(16-11)17(4-14-8)7-2-5(18)6(27-7)3-26-31(22,23)29-32(24,25)28-30(19,20)21/h4-7,18H,1-3H2,(H,22,23)(H,24,25)(H2,12,15,16)(H2,19,20,21). The molecule has 18 nitrogen and oxygen atoms in total. The number of nitrogen functional groups attached to an aromatic ring is 1. The van der Waals surface area contributed by atoms with Gasteiger partial charge in [0, 0.05) is 6.42 Å². The number of hydrogen-bond donors (Lipinski definition) is 6. The van der Waals surface area contributed by atoms with Gasteiger partial charge in [0.1, 0.15) is 17.8 Å². The van der Waals surface area contributed by atoms with Gasteiger partial charge < -0.3 is 35.2 Å². The molecule has 0 aliphatic carbocycles. The van der Waals surface area contributed by atoms with Crippen molar-refractivity contribution in [1.29, 1.82) is 0 Å². The summed E-state index contributed by atoms with van der Waals surface area (Å²) in [6, 6.07) is 0. The van der Waals surface area contributed by atoms with Crippen LogP contribution < -0.4 is 5.73 Å². The molecule has 178 valence electrons. The zero-order valence-electron chi connectivity index (χ0n) is 15.7. The highest BCUT2D eigenvalue weighted by Crippen LogP contribution is 2.66. The number of imidazole rings is 1. The number of aliphatic hydroxyl groups excluding tert-OH is 1. The first kappa shape index (κ1) is 25.0. The van der Waals surface area contributed by atoms with E-state index in [1.165, 1.54) is 10.9 Å². The lowest BCUT2D eigenvalue weighted by molar-refractivity contribution is -0.0423. The van der Waals surface area contributed by atoms with Gasteiger partial charge in [0.15, 0.2) is 11.5 Å². The van der Waals surface area contributed by atoms with E-state index in [0.717, 1.165) is 0 Å². The summed E-state index contributed by atoms with van der Waals surface area (Å²) in [4.78, 5) is 51.3. The lowest BCUT2D eigenvalue weighted by Gasteiger charge is -2.19. The molecule has 32 heavy (non-hydrogen) atoms. The molecule has 0 amide bonds. The number of anilines is 1. The van der Waals surface area contributed by atoms with E-state index < -0.39 is 48.5 Å². The average Bonchev–Trinajstić information content (AvgIpc) is 3.20. The number of hydrogen-bond acceptors (Lipinski definition) is 13. The van der Waals surface area contributed by atoms with Crippen LogP contribution in [0.3, 0.4) is 0 Å². The molecular formula is C11H17N6O12P3. The van der Waals surface area contributed by atoms with E-state index in [-0.39, 0.29) is 29.4 Å². The fraction of sp³-hybridized carbons (Fsp3) is 0.455. The Morgan fingerprint density at radius 2 is 1.91 bits per heavy atom. The maximum absolute atomic E-state index is 11.8. The summed E-state index contributed by atoms with van der Waals surface area (Å²) in [5, 5.41) is 10.2. The molecule has 2 aromatic rings. The fourth-order valence-electron chi connectivity index (χ4n) is 2.71. The van der Waals surface area contributed by atoms with Gasteiger partial charge in [0.2, 0.25) is 0 Å². The zero-order valence-corrected chi connectivity index (χ0v) is 18.4. The molecule has 5 atom stereocenters. The summed E-state index contributed by atoms with van der Waals surface area (Å²) in [6.07, 6.45) is -2.07. The minimum absolute atomic E-state index is 0.0268. The summed E-state index contributed by atoms with van der Waals surface area (Å²) in [6.45, 7) is 2.49. The average molecular weight is 518 g/mol. The van der Waals surface area contributed by atoms with Crippen molar-refractivity contribution in [1.82, 2.24) is 19.5 Å². The number of ether oxygens (including phenoxy) is 1. The molecule has 1 aliphatic heterocycles. The second-order valence-electron chi connectivity index (χ2n) is 6.21. The molecule has 1 aliphatic rings. The molecule has 3 heterocycles. The Morgan fingerprint density at radius 1 is 1.22 bits per heavy atom. The minimum Gasteiger partial charge on any atom is -0.390 e. The van der Waals surface area contributed by atoms with Crippen LogP contribution in [0.4, 0.5) is 11.8 Å². The molecular weight excluding hydrogens is 501 g/mol. The molecule has 0 spiro atoms. The monoisotopic (exact) mass is 518 g/mol. The maximum atomic E-state index is 11.8. The molecule has 3 rings (SSSR count). The van der Waals surface area contributed by atoms with Crippen LogP contribution in [0.15, 0.2) is 11.3 Å². The highest BCUT2D eigenvalue weighted by atomic mass is 31.3. The van der Waals surface area contributed by atoms with Crippen LogP contribution >= 0.6 is 23.5 Å². The van der Waals surface area contributed by atoms with Gasteiger partial charge >= 0.3 is 23.5 Å². The van der Waals surface area contributed by atoms with Crippen LogP contribution in [0.5, 0.6) is 0 Å². The van der Waals surface area contributed by atoms with E-state index >= 15 is 0 Å². The molecule has 21 heteroatoms. The summed E-state index contributed by atoms with van der Waals surface area (Å²) in [7, 11) is -16.5. The first-order chi connectivity index (χ1) is 14.7. The Morgan fingerprint density at radius 3 is 2.53 bits per heavy atom. The van der Waals surface area contributed by atoms with Crippen LogP contribution in [0, 0.1) is 0 Å². The van der Waals surface area contributed by atoms with Gasteiger partial charge in [-0.3, -0.25) is 9.09 Å². The third kappa shape index (κ3) is 6.02. The number of fused-ring (bicyclic) bond motifs is 1. The molecule has 1 fully saturated rings. The first-order valence-corrected chi connectivity index (χ1v) is 12.8. The SMILES string of the molecule is C=Nc1nc(N)c2ncn(C3CC(O)C(COP(=O)(O)OP(=O)(O)OP(=O)(O)O)O3)c2n1. The van der Waals surface area contributed by atoms with Gasteiger partial charge in [0.05, 0.1) is 19.0 Å². The van der Waals surface area contributed by atoms with Gasteiger partial charge in [-0.1, -0.05) is 0 Å². The summed E-state index contributed by atoms with van der Waals surface area (Å²) < 4.78 is 52.5. The maximum Gasteiger partial charge on any atom is 0.490 e. The molecule has 1 saturated heterocycles. The number of rotatable bonds is 9. The van der Waals surface area contributed by atoms with Crippen molar-refractivity contribution in [2.24, 2.45) is 4.99 Å². The lowest BCUT2D eigenvalue weighted by Crippen LogP contribution is -2.26. The lowest BCUT2D eigenvalue weighted by atomic mass is 10.2. The van der Waals surface area contributed by atoms with E-state index in [9.17, 15) is 23.7 Å². The molecule has 0 saturated carbocycles. The molecule has 0 bridgehead atoms. The van der Waals surface area contributed by atoms with Crippen molar-refractivity contribution in [3.8, 4) is 0 Å². The van der Waals surface area contributed by atoms with Crippen LogP contribution in [0.2, 0.25) is 0 Å². The van der Waals surface area contributed by atoms with Gasteiger partial charge in [-0.2, -0.15) is 18.6 Å². The first-order valence-electron chi connectivity index (χ1n) is 8.28. The number of nitrogens with two attached hydrogens (primary N) is 1. The fourth-order valence-corrected chi connectivity index (χ4v) is 5.74. The Bertz CT molecular complexity index is 1170. The highest BCUT2D eigenvalue weighted by molar-refractivity contribution is 7.66. The molecule has 0 radical (unpaired) electrons. The van der Waals surface area contributed by atoms with Crippen molar-refractivity contribution in [2.75, 3.05) is 12.3 Å². The molecule has 7 N–H and O–H groups in total. The predicted molar refractivity (Wildman–Crippen MR) is 103 cm³/mol. The topological polar surface area (TPSA) is 271 Å². The van der Waals surface area contributed by atoms with Gasteiger partial charge in [-0.25, -0.2) is 23.7 Å². The van der Waals surface area contributed by atoms with Crippen LogP contribution in [-0.2, 0) is 31.6 Å². The van der Waals surface area contributed by atoms with E-state index in [1.807, 2.05) is 0 Å². The van der Waals surface area contributed by atoms with E-state index in [0.29, 0.717) is 0 Å². The van der Waals surface area contributed by atoms with Crippen LogP contribution in [-0.4, -0.2) is 69.7 Å². The Hall–Kier alpha value is -1.65. The second-order valence-corrected chi connectivity index (χ2v) is 10.6. The van der Waals surface area contributed by atoms with Crippen LogP contribution in [0.25, 0.3) is 11.2 Å². The Balaban J connectivity index is 1.68. The second kappa shape index (κ2) is 8.95. The predicted octanol–water partition coefficient (Wildman–Crippen LogP) is -0.268. The minimum atomic E-state index is -5.66. The van der Waals surface area contributed by atoms with Crippen LogP contribution in [0.1, 0.15) is 12.6 Å². The van der Waals surface area contributed by atoms with Crippen molar-refractivity contribution in [3.05, 3.63) is 6.33 Å². The number of phosphoric ester groups is 1. The number of phosphoric acid groups is 3. The van der Waals surface area contributed by atoms with Gasteiger partial charge in [-0.15, -0.1) is 0 Å². The van der Waals surface area contributed by atoms with Gasteiger partial charge in [-0.05, 0) is 6.72 Å². The van der Waals surface area contributed by atoms with E-state index in [4.69, 9.17) is 25.2 Å². The summed E-state index contributed by atoms with van der Waals surface area (Å²) in [5.74, 6) is -0.00147. The number of aliphatic hydroxyl groups is 1. The number of nitrogens with zero attached hydrogens (tertiary/aromatic N) is 5. The smallest absolute Gasteiger partial charge is 0.390 e. The summed E-state index contributed by atoms with van der Waals surface area (Å²) >= 11 is 0. The zero-order chi connectivity index (χ0) is 23.9. The van der Waals surface area contributed by atoms with Crippen molar-refractivity contribution < 1.29 is 56.3 Å². The largest absolute Gasteiger partial charge is 0.490 e. The van der Waals surface area contributed by atoms with Crippen molar-refractivity contribution in [3.63, 3.8) is 0 Å². The third-order valence-corrected chi connectivity index (χ3v) is 7.71. The summed E-state index contributed by atoms with van der Waals surface area (Å²) in [5.41, 5.74) is 6.23. The quantitative estimate of drug-likeness (QED) is 0.184. The number of aliphatic imine (C=N–C) groups is 1. The van der Waals surface area contributed by atoms with E-state index in [1.54, 1.807) is 0 Å². The van der Waals surface area contributed by atoms with Crippen molar-refractivity contribution >= 4 is 53.1 Å². The Kier molecular flexibility index (Phi) is 6.98. The normalized spacial score (nSPS) is 25.5. The van der Waals surface area contributed by atoms with E-state index in [2.05, 4.69) is 39.8 Å². The third-order valence-electron chi connectivity index (χ3n) is 3.91. The Labute approximate surface area is 178 Å². The molecule has 5 unspecified atom stereocenters. The number of aromatic nitrogens is 4. The molecule has 0 aromatic carbocycles. The van der Waals surface area contributed by atoms with Crippen molar-refractivity contribution in [2.45, 2.75) is 24.9 Å². The van der Waals surface area contributed by atoms with Gasteiger partial charge in [0.25, 0.3) is 5.95 Å². The molecule has 2 aromatic heterocycles. The highest BCUT2D eigenvalue weighted by Gasteiger charge is 2.43.